The highest BCUT2D eigenvalue weighted by atomic mass is 16.3. The first-order valence-electron chi connectivity index (χ1n) is 11.1. The van der Waals surface area contributed by atoms with Gasteiger partial charge < -0.3 is 26.8 Å². The lowest BCUT2D eigenvalue weighted by Crippen LogP contribution is -2.44. The first-order valence-corrected chi connectivity index (χ1v) is 11.1. The number of aliphatic hydroxyl groups excluding tert-OH is 2. The van der Waals surface area contributed by atoms with E-state index in [-0.39, 0.29) is 29.1 Å². The molecule has 174 valence electrons. The fraction of sp³-hybridized carbons (Fsp3) is 0.269. The number of carbonyl (C=O) groups is 3. The normalized spacial score (nSPS) is 24.0. The van der Waals surface area contributed by atoms with E-state index in [0.717, 1.165) is 16.7 Å². The number of phenolic OH excluding ortho intramolecular Hbond substituents is 1. The van der Waals surface area contributed by atoms with E-state index in [4.69, 9.17) is 11.5 Å². The zero-order valence-corrected chi connectivity index (χ0v) is 18.2. The SMILES string of the molecule is NCc1ccc(-c2ccc(O)c3c2CC2CC4CC(=O)C(C(N)=O)=C(O)C4C(=O)C2=C3O)cc1. The highest BCUT2D eigenvalue weighted by Crippen LogP contribution is 2.51. The molecule has 3 aliphatic rings. The topological polar surface area (TPSA) is 164 Å². The van der Waals surface area contributed by atoms with Gasteiger partial charge in [0.2, 0.25) is 0 Å². The van der Waals surface area contributed by atoms with Crippen molar-refractivity contribution in [1.29, 1.82) is 0 Å². The predicted octanol–water partition coefficient (Wildman–Crippen LogP) is 2.43. The van der Waals surface area contributed by atoms with Crippen molar-refractivity contribution in [2.75, 3.05) is 0 Å². The van der Waals surface area contributed by atoms with Crippen LogP contribution in [0.2, 0.25) is 0 Å². The molecule has 0 radical (unpaired) electrons. The smallest absolute Gasteiger partial charge is 0.255 e. The molecule has 0 bridgehead atoms. The van der Waals surface area contributed by atoms with Crippen LogP contribution in [-0.2, 0) is 27.3 Å². The van der Waals surface area contributed by atoms with Gasteiger partial charge in [0.15, 0.2) is 11.6 Å². The van der Waals surface area contributed by atoms with Gasteiger partial charge in [-0.2, -0.15) is 0 Å². The van der Waals surface area contributed by atoms with Gasteiger partial charge in [0.1, 0.15) is 22.8 Å². The molecule has 0 saturated heterocycles. The molecule has 1 fully saturated rings. The summed E-state index contributed by atoms with van der Waals surface area (Å²) in [5.41, 5.74) is 14.1. The maximum absolute atomic E-state index is 13.5. The van der Waals surface area contributed by atoms with Gasteiger partial charge in [0.25, 0.3) is 5.91 Å². The van der Waals surface area contributed by atoms with Crippen molar-refractivity contribution in [2.45, 2.75) is 25.8 Å². The largest absolute Gasteiger partial charge is 0.511 e. The third kappa shape index (κ3) is 3.13. The van der Waals surface area contributed by atoms with Crippen LogP contribution in [0.1, 0.15) is 29.5 Å². The van der Waals surface area contributed by atoms with E-state index in [2.05, 4.69) is 0 Å². The first-order chi connectivity index (χ1) is 16.2. The van der Waals surface area contributed by atoms with Gasteiger partial charge in [0.05, 0.1) is 11.5 Å². The number of hydrogen-bond donors (Lipinski definition) is 5. The van der Waals surface area contributed by atoms with Crippen molar-refractivity contribution in [3.8, 4) is 16.9 Å². The maximum atomic E-state index is 13.5. The number of aliphatic hydroxyl groups is 2. The van der Waals surface area contributed by atoms with Gasteiger partial charge in [-0.05, 0) is 53.0 Å². The molecule has 0 aliphatic heterocycles. The number of ketones is 2. The Morgan fingerprint density at radius 2 is 1.71 bits per heavy atom. The summed E-state index contributed by atoms with van der Waals surface area (Å²) >= 11 is 0. The summed E-state index contributed by atoms with van der Waals surface area (Å²) in [7, 11) is 0. The van der Waals surface area contributed by atoms with Crippen molar-refractivity contribution in [2.24, 2.45) is 29.2 Å². The van der Waals surface area contributed by atoms with Crippen LogP contribution in [0, 0.1) is 17.8 Å². The summed E-state index contributed by atoms with van der Waals surface area (Å²) in [5.74, 6) is -5.35. The van der Waals surface area contributed by atoms with Crippen LogP contribution in [0.25, 0.3) is 16.9 Å². The van der Waals surface area contributed by atoms with E-state index in [0.29, 0.717) is 24.9 Å². The van der Waals surface area contributed by atoms with E-state index in [1.807, 2.05) is 24.3 Å². The van der Waals surface area contributed by atoms with Crippen LogP contribution in [0.15, 0.2) is 53.3 Å². The fourth-order valence-electron chi connectivity index (χ4n) is 5.73. The van der Waals surface area contributed by atoms with E-state index in [1.165, 1.54) is 6.07 Å². The second kappa shape index (κ2) is 7.85. The van der Waals surface area contributed by atoms with Crippen molar-refractivity contribution in [1.82, 2.24) is 0 Å². The minimum Gasteiger partial charge on any atom is -0.511 e. The van der Waals surface area contributed by atoms with E-state index in [1.54, 1.807) is 6.07 Å². The molecule has 2 aromatic carbocycles. The number of benzene rings is 2. The highest BCUT2D eigenvalue weighted by molar-refractivity contribution is 6.21. The lowest BCUT2D eigenvalue weighted by atomic mass is 9.61. The lowest BCUT2D eigenvalue weighted by molar-refractivity contribution is -0.127. The molecular weight excluding hydrogens is 436 g/mol. The predicted molar refractivity (Wildman–Crippen MR) is 123 cm³/mol. The van der Waals surface area contributed by atoms with Crippen LogP contribution in [0.5, 0.6) is 5.75 Å². The summed E-state index contributed by atoms with van der Waals surface area (Å²) in [6.07, 6.45) is 0.648. The molecule has 3 atom stereocenters. The Balaban J connectivity index is 1.65. The number of rotatable bonds is 3. The van der Waals surface area contributed by atoms with Gasteiger partial charge in [-0.25, -0.2) is 0 Å². The zero-order valence-electron chi connectivity index (χ0n) is 18.2. The number of primary amides is 1. The average Bonchev–Trinajstić information content (AvgIpc) is 2.78. The molecule has 5 rings (SSSR count). The van der Waals surface area contributed by atoms with Crippen molar-refractivity contribution < 1.29 is 29.7 Å². The standard InChI is InChI=1S/C26H24N2O6/c27-10-11-1-3-12(4-2-11)15-5-6-17(29)21-16(15)8-13-7-14-9-18(30)22(26(28)34)25(33)20(14)23(31)19(13)24(21)32/h1-6,13-14,20,29,32-33H,7-10,27H2,(H2,28,34). The van der Waals surface area contributed by atoms with Gasteiger partial charge in [-0.1, -0.05) is 30.3 Å². The van der Waals surface area contributed by atoms with Gasteiger partial charge in [-0.15, -0.1) is 0 Å². The summed E-state index contributed by atoms with van der Waals surface area (Å²) in [6, 6.07) is 10.9. The van der Waals surface area contributed by atoms with Crippen LogP contribution >= 0.6 is 0 Å². The summed E-state index contributed by atoms with van der Waals surface area (Å²) < 4.78 is 0. The number of fused-ring (bicyclic) bond motifs is 3. The Hall–Kier alpha value is -3.91. The van der Waals surface area contributed by atoms with Crippen molar-refractivity contribution in [3.63, 3.8) is 0 Å². The number of allylic oxidation sites excluding steroid dienone is 2. The van der Waals surface area contributed by atoms with E-state index in [9.17, 15) is 29.7 Å². The molecule has 0 heterocycles. The molecule has 0 aromatic heterocycles. The Labute approximate surface area is 195 Å². The Bertz CT molecular complexity index is 1320. The van der Waals surface area contributed by atoms with Crippen molar-refractivity contribution >= 4 is 23.2 Å². The second-order valence-electron chi connectivity index (χ2n) is 9.14. The number of carbonyl (C=O) groups excluding carboxylic acids is 3. The van der Waals surface area contributed by atoms with Crippen LogP contribution in [0.4, 0.5) is 0 Å². The van der Waals surface area contributed by atoms with Gasteiger partial charge >= 0.3 is 0 Å². The molecule has 1 saturated carbocycles. The minimum atomic E-state index is -1.12. The van der Waals surface area contributed by atoms with E-state index >= 15 is 0 Å². The second-order valence-corrected chi connectivity index (χ2v) is 9.14. The van der Waals surface area contributed by atoms with Crippen LogP contribution in [0.3, 0.4) is 0 Å². The molecule has 8 heteroatoms. The molecule has 0 spiro atoms. The monoisotopic (exact) mass is 460 g/mol. The zero-order chi connectivity index (χ0) is 24.3. The summed E-state index contributed by atoms with van der Waals surface area (Å²) in [6.45, 7) is 0.408. The number of aromatic hydroxyl groups is 1. The summed E-state index contributed by atoms with van der Waals surface area (Å²) in [4.78, 5) is 37.6. The van der Waals surface area contributed by atoms with Gasteiger partial charge in [0, 0.05) is 18.5 Å². The van der Waals surface area contributed by atoms with E-state index < -0.39 is 46.6 Å². The maximum Gasteiger partial charge on any atom is 0.255 e. The molecular formula is C26H24N2O6. The number of hydrogen-bond acceptors (Lipinski definition) is 7. The van der Waals surface area contributed by atoms with Gasteiger partial charge in [-0.3, -0.25) is 14.4 Å². The Morgan fingerprint density at radius 1 is 1.00 bits per heavy atom. The molecule has 3 unspecified atom stereocenters. The quantitative estimate of drug-likeness (QED) is 0.439. The third-order valence-corrected chi connectivity index (χ3v) is 7.27. The average molecular weight is 460 g/mol. The Morgan fingerprint density at radius 3 is 2.35 bits per heavy atom. The molecule has 1 amide bonds. The number of phenols is 1. The fourth-order valence-corrected chi connectivity index (χ4v) is 5.73. The minimum absolute atomic E-state index is 0.0798. The van der Waals surface area contributed by atoms with Crippen molar-refractivity contribution in [3.05, 3.63) is 70.0 Å². The van der Waals surface area contributed by atoms with Crippen LogP contribution in [-0.4, -0.2) is 32.8 Å². The molecule has 3 aliphatic carbocycles. The summed E-state index contributed by atoms with van der Waals surface area (Å²) in [5, 5.41) is 32.4. The van der Waals surface area contributed by atoms with Crippen LogP contribution < -0.4 is 11.5 Å². The molecule has 34 heavy (non-hydrogen) atoms. The molecule has 7 N–H and O–H groups in total. The first kappa shape index (κ1) is 21.9. The third-order valence-electron chi connectivity index (χ3n) is 7.27. The lowest BCUT2D eigenvalue weighted by Gasteiger charge is -2.41. The molecule has 8 nitrogen and oxygen atoms in total. The number of amides is 1. The number of nitrogens with two attached hydrogens (primary N) is 2. The highest BCUT2D eigenvalue weighted by Gasteiger charge is 2.50. The number of Topliss-reactive ketones (excluding diaryl/α,β-unsaturated/α-hetero) is 2. The molecule has 2 aromatic rings. The Kier molecular flexibility index (Phi) is 5.06.